The van der Waals surface area contributed by atoms with Gasteiger partial charge in [0.25, 0.3) is 0 Å². The Labute approximate surface area is 105 Å². The first-order chi connectivity index (χ1) is 7.72. The molecule has 0 saturated carbocycles. The first-order valence-corrected chi connectivity index (χ1v) is 5.80. The van der Waals surface area contributed by atoms with Crippen molar-refractivity contribution in [1.29, 1.82) is 0 Å². The van der Waals surface area contributed by atoms with Gasteiger partial charge in [-0.1, -0.05) is 6.07 Å². The summed E-state index contributed by atoms with van der Waals surface area (Å²) in [6.07, 6.45) is 0. The molecule has 94 valence electrons. The maximum absolute atomic E-state index is 12.3. The van der Waals surface area contributed by atoms with E-state index in [0.717, 1.165) is 0 Å². The molecule has 0 aliphatic heterocycles. The van der Waals surface area contributed by atoms with Gasteiger partial charge in [0, 0.05) is 10.6 Å². The van der Waals surface area contributed by atoms with Crippen LogP contribution in [0.15, 0.2) is 23.1 Å². The summed E-state index contributed by atoms with van der Waals surface area (Å²) in [7, 11) is 0. The number of benzene rings is 1. The molecule has 0 saturated heterocycles. The Hall–Kier alpha value is -0.880. The summed E-state index contributed by atoms with van der Waals surface area (Å²) in [4.78, 5) is 11.5. The van der Waals surface area contributed by atoms with E-state index in [9.17, 15) is 18.0 Å². The van der Waals surface area contributed by atoms with Gasteiger partial charge in [-0.05, 0) is 30.8 Å². The zero-order valence-electron chi connectivity index (χ0n) is 8.72. The van der Waals surface area contributed by atoms with Gasteiger partial charge >= 0.3 is 5.51 Å². The molecule has 1 atom stereocenters. The van der Waals surface area contributed by atoms with Crippen LogP contribution in [-0.4, -0.2) is 16.7 Å². The summed E-state index contributed by atoms with van der Waals surface area (Å²) in [5.74, 6) is -0.614. The minimum absolute atomic E-state index is 0.00301. The number of hydrogen-bond donors (Lipinski definition) is 1. The Morgan fingerprint density at radius 1 is 1.47 bits per heavy atom. The zero-order valence-corrected chi connectivity index (χ0v) is 10.3. The second kappa shape index (κ2) is 5.18. The maximum atomic E-state index is 12.3. The second-order valence-electron chi connectivity index (χ2n) is 3.25. The standard InChI is InChI=1S/C10H9ClF3NOS/c1-5(11)9(16)8-6(15)3-2-4-7(8)17-10(12,13)14/h2-5H,15H2,1H3. The monoisotopic (exact) mass is 283 g/mol. The van der Waals surface area contributed by atoms with Crippen molar-refractivity contribution in [2.45, 2.75) is 22.7 Å². The van der Waals surface area contributed by atoms with E-state index in [0.29, 0.717) is 0 Å². The average molecular weight is 284 g/mol. The van der Waals surface area contributed by atoms with Gasteiger partial charge in [-0.15, -0.1) is 11.6 Å². The van der Waals surface area contributed by atoms with Crippen molar-refractivity contribution in [3.05, 3.63) is 23.8 Å². The number of nitrogens with two attached hydrogens (primary N) is 1. The van der Waals surface area contributed by atoms with Gasteiger partial charge in [-0.2, -0.15) is 13.2 Å². The van der Waals surface area contributed by atoms with Crippen LogP contribution in [0.4, 0.5) is 18.9 Å². The Kier molecular flexibility index (Phi) is 4.32. The highest BCUT2D eigenvalue weighted by molar-refractivity contribution is 8.00. The van der Waals surface area contributed by atoms with Crippen molar-refractivity contribution in [2.75, 3.05) is 5.73 Å². The van der Waals surface area contributed by atoms with Gasteiger partial charge in [0.2, 0.25) is 0 Å². The van der Waals surface area contributed by atoms with Crippen LogP contribution in [0.25, 0.3) is 0 Å². The highest BCUT2D eigenvalue weighted by Gasteiger charge is 2.32. The normalized spacial score (nSPS) is 13.5. The number of Topliss-reactive ketones (excluding diaryl/α,β-unsaturated/α-hetero) is 1. The number of nitrogen functional groups attached to an aromatic ring is 1. The van der Waals surface area contributed by atoms with Crippen molar-refractivity contribution in [3.8, 4) is 0 Å². The Balaban J connectivity index is 3.22. The molecule has 1 rings (SSSR count). The van der Waals surface area contributed by atoms with Crippen LogP contribution in [-0.2, 0) is 0 Å². The number of alkyl halides is 4. The van der Waals surface area contributed by atoms with Crippen LogP contribution < -0.4 is 5.73 Å². The first kappa shape index (κ1) is 14.2. The molecule has 0 amide bonds. The Morgan fingerprint density at radius 2 is 2.06 bits per heavy atom. The number of carbonyl (C=O) groups excluding carboxylic acids is 1. The molecule has 0 aliphatic carbocycles. The predicted octanol–water partition coefficient (Wildman–Crippen LogP) is 3.69. The molecule has 0 spiro atoms. The second-order valence-corrected chi connectivity index (χ2v) is 5.01. The van der Waals surface area contributed by atoms with Crippen molar-refractivity contribution in [3.63, 3.8) is 0 Å². The van der Waals surface area contributed by atoms with Crippen LogP contribution in [0, 0.1) is 0 Å². The van der Waals surface area contributed by atoms with Gasteiger partial charge in [-0.25, -0.2) is 0 Å². The molecule has 7 heteroatoms. The van der Waals surface area contributed by atoms with Crippen molar-refractivity contribution in [1.82, 2.24) is 0 Å². The lowest BCUT2D eigenvalue weighted by Gasteiger charge is -2.13. The van der Waals surface area contributed by atoms with Crippen LogP contribution in [0.5, 0.6) is 0 Å². The molecule has 0 aliphatic rings. The van der Waals surface area contributed by atoms with Crippen molar-refractivity contribution >= 4 is 34.8 Å². The lowest BCUT2D eigenvalue weighted by molar-refractivity contribution is -0.0328. The lowest BCUT2D eigenvalue weighted by Crippen LogP contribution is -2.15. The third kappa shape index (κ3) is 3.81. The molecule has 0 radical (unpaired) electrons. The van der Waals surface area contributed by atoms with E-state index in [1.165, 1.54) is 25.1 Å². The quantitative estimate of drug-likeness (QED) is 0.398. The van der Waals surface area contributed by atoms with E-state index in [1.807, 2.05) is 0 Å². The molecule has 17 heavy (non-hydrogen) atoms. The number of hydrogen-bond acceptors (Lipinski definition) is 3. The summed E-state index contributed by atoms with van der Waals surface area (Å²) < 4.78 is 36.9. The SMILES string of the molecule is CC(Cl)C(=O)c1c(N)cccc1SC(F)(F)F. The summed E-state index contributed by atoms with van der Waals surface area (Å²) in [5, 5.41) is -0.924. The van der Waals surface area contributed by atoms with Crippen LogP contribution >= 0.6 is 23.4 Å². The van der Waals surface area contributed by atoms with Crippen LogP contribution in [0.3, 0.4) is 0 Å². The van der Waals surface area contributed by atoms with Gasteiger partial charge in [-0.3, -0.25) is 4.79 Å². The largest absolute Gasteiger partial charge is 0.446 e. The Morgan fingerprint density at radius 3 is 2.53 bits per heavy atom. The summed E-state index contributed by atoms with van der Waals surface area (Å²) in [6.45, 7) is 1.39. The van der Waals surface area contributed by atoms with E-state index >= 15 is 0 Å². The number of rotatable bonds is 3. The molecule has 0 heterocycles. The maximum Gasteiger partial charge on any atom is 0.446 e. The number of ketones is 1. The van der Waals surface area contributed by atoms with Crippen molar-refractivity contribution in [2.24, 2.45) is 0 Å². The third-order valence-corrected chi connectivity index (χ3v) is 2.88. The summed E-state index contributed by atoms with van der Waals surface area (Å²) in [6, 6.07) is 3.92. The highest BCUT2D eigenvalue weighted by atomic mass is 35.5. The molecular weight excluding hydrogens is 275 g/mol. The predicted molar refractivity (Wildman–Crippen MR) is 62.4 cm³/mol. The topological polar surface area (TPSA) is 43.1 Å². The molecule has 0 bridgehead atoms. The fraction of sp³-hybridized carbons (Fsp3) is 0.300. The molecular formula is C10H9ClF3NOS. The minimum Gasteiger partial charge on any atom is -0.398 e. The van der Waals surface area contributed by atoms with Crippen molar-refractivity contribution < 1.29 is 18.0 Å². The third-order valence-electron chi connectivity index (χ3n) is 1.89. The molecule has 0 fully saturated rings. The van der Waals surface area contributed by atoms with Gasteiger partial charge < -0.3 is 5.73 Å². The zero-order chi connectivity index (χ0) is 13.2. The number of carbonyl (C=O) groups is 1. The lowest BCUT2D eigenvalue weighted by atomic mass is 10.1. The molecule has 1 unspecified atom stereocenters. The molecule has 1 aromatic carbocycles. The molecule has 1 aromatic rings. The fourth-order valence-corrected chi connectivity index (χ4v) is 2.05. The van der Waals surface area contributed by atoms with E-state index in [4.69, 9.17) is 17.3 Å². The highest BCUT2D eigenvalue weighted by Crippen LogP contribution is 2.40. The number of thioether (sulfide) groups is 1. The summed E-state index contributed by atoms with van der Waals surface area (Å²) >= 11 is 5.21. The van der Waals surface area contributed by atoms with E-state index in [2.05, 4.69) is 0 Å². The van der Waals surface area contributed by atoms with E-state index in [-0.39, 0.29) is 27.9 Å². The molecule has 0 aromatic heterocycles. The van der Waals surface area contributed by atoms with Crippen LogP contribution in [0.1, 0.15) is 17.3 Å². The molecule has 2 N–H and O–H groups in total. The van der Waals surface area contributed by atoms with Gasteiger partial charge in [0.15, 0.2) is 5.78 Å². The van der Waals surface area contributed by atoms with Gasteiger partial charge in [0.05, 0.1) is 10.9 Å². The number of anilines is 1. The smallest absolute Gasteiger partial charge is 0.398 e. The average Bonchev–Trinajstić information content (AvgIpc) is 2.14. The summed E-state index contributed by atoms with van der Waals surface area (Å²) in [5.41, 5.74) is 0.873. The van der Waals surface area contributed by atoms with E-state index < -0.39 is 16.7 Å². The van der Waals surface area contributed by atoms with Gasteiger partial charge in [0.1, 0.15) is 0 Å². The fourth-order valence-electron chi connectivity index (χ4n) is 1.22. The van der Waals surface area contributed by atoms with E-state index in [1.54, 1.807) is 0 Å². The van der Waals surface area contributed by atoms with Crippen LogP contribution in [0.2, 0.25) is 0 Å². The number of halogens is 4. The molecule has 2 nitrogen and oxygen atoms in total. The first-order valence-electron chi connectivity index (χ1n) is 4.55. The minimum atomic E-state index is -4.47. The Bertz CT molecular complexity index is 434.